The first-order chi connectivity index (χ1) is 10.1. The van der Waals surface area contributed by atoms with E-state index in [1.54, 1.807) is 19.1 Å². The van der Waals surface area contributed by atoms with Crippen molar-refractivity contribution < 1.29 is 24.5 Å². The number of ether oxygens (including phenoxy) is 2. The molecule has 5 heteroatoms. The molecule has 0 amide bonds. The standard InChI is InChI=1S/C16H16O5/c1-11-9-12(17)10-14(18)15(11)16(19)21-8-7-20-13-5-3-2-4-6-13/h2-6,9-10,17-18H,7-8H2,1H3. The minimum atomic E-state index is -0.651. The molecule has 0 aromatic heterocycles. The van der Waals surface area contributed by atoms with Gasteiger partial charge in [0.05, 0.1) is 0 Å². The van der Waals surface area contributed by atoms with E-state index in [0.717, 1.165) is 6.07 Å². The van der Waals surface area contributed by atoms with Crippen molar-refractivity contribution in [3.8, 4) is 17.2 Å². The molecule has 2 rings (SSSR count). The zero-order valence-corrected chi connectivity index (χ0v) is 11.6. The van der Waals surface area contributed by atoms with Gasteiger partial charge in [-0.2, -0.15) is 0 Å². The fraction of sp³-hybridized carbons (Fsp3) is 0.188. The van der Waals surface area contributed by atoms with Crippen molar-refractivity contribution in [3.63, 3.8) is 0 Å². The summed E-state index contributed by atoms with van der Waals surface area (Å²) in [6, 6.07) is 11.7. The van der Waals surface area contributed by atoms with Crippen LogP contribution in [0.5, 0.6) is 17.2 Å². The second-order valence-corrected chi connectivity index (χ2v) is 4.45. The Bertz CT molecular complexity index is 599. The SMILES string of the molecule is Cc1cc(O)cc(O)c1C(=O)OCCOc1ccccc1. The van der Waals surface area contributed by atoms with E-state index in [2.05, 4.69) is 0 Å². The van der Waals surface area contributed by atoms with Gasteiger partial charge in [-0.1, -0.05) is 18.2 Å². The molecule has 0 saturated carbocycles. The molecule has 2 aromatic carbocycles. The van der Waals surface area contributed by atoms with Gasteiger partial charge in [0.25, 0.3) is 0 Å². The average molecular weight is 288 g/mol. The molecule has 2 N–H and O–H groups in total. The molecule has 0 radical (unpaired) electrons. The number of hydrogen-bond donors (Lipinski definition) is 2. The highest BCUT2D eigenvalue weighted by atomic mass is 16.6. The van der Waals surface area contributed by atoms with Crippen LogP contribution in [0.25, 0.3) is 0 Å². The van der Waals surface area contributed by atoms with E-state index in [0.29, 0.717) is 11.3 Å². The Kier molecular flexibility index (Phi) is 4.66. The van der Waals surface area contributed by atoms with Gasteiger partial charge in [-0.3, -0.25) is 0 Å². The number of benzene rings is 2. The van der Waals surface area contributed by atoms with Gasteiger partial charge in [0, 0.05) is 6.07 Å². The molecule has 110 valence electrons. The van der Waals surface area contributed by atoms with Crippen LogP contribution >= 0.6 is 0 Å². The predicted octanol–water partition coefficient (Wildman–Crippen LogP) is 2.64. The van der Waals surface area contributed by atoms with E-state index in [9.17, 15) is 15.0 Å². The maximum absolute atomic E-state index is 11.9. The molecule has 0 heterocycles. The Morgan fingerprint density at radius 3 is 2.48 bits per heavy atom. The maximum atomic E-state index is 11.9. The zero-order valence-electron chi connectivity index (χ0n) is 11.6. The molecule has 0 atom stereocenters. The lowest BCUT2D eigenvalue weighted by Crippen LogP contribution is -2.13. The molecule has 0 saturated heterocycles. The van der Waals surface area contributed by atoms with E-state index in [1.165, 1.54) is 6.07 Å². The van der Waals surface area contributed by atoms with Gasteiger partial charge in [-0.05, 0) is 30.7 Å². The van der Waals surface area contributed by atoms with E-state index in [-0.39, 0.29) is 30.3 Å². The number of hydrogen-bond acceptors (Lipinski definition) is 5. The van der Waals surface area contributed by atoms with Crippen molar-refractivity contribution in [2.45, 2.75) is 6.92 Å². The normalized spacial score (nSPS) is 10.1. The van der Waals surface area contributed by atoms with Crippen LogP contribution in [-0.2, 0) is 4.74 Å². The minimum absolute atomic E-state index is 0.0486. The molecule has 0 aliphatic rings. The molecular formula is C16H16O5. The third-order valence-corrected chi connectivity index (χ3v) is 2.83. The lowest BCUT2D eigenvalue weighted by molar-refractivity contribution is 0.0446. The summed E-state index contributed by atoms with van der Waals surface area (Å²) in [6.45, 7) is 1.89. The monoisotopic (exact) mass is 288 g/mol. The fourth-order valence-corrected chi connectivity index (χ4v) is 1.90. The number of phenols is 2. The first kappa shape index (κ1) is 14.7. The first-order valence-electron chi connectivity index (χ1n) is 6.45. The second-order valence-electron chi connectivity index (χ2n) is 4.45. The summed E-state index contributed by atoms with van der Waals surface area (Å²) in [5.41, 5.74) is 0.494. The van der Waals surface area contributed by atoms with Crippen molar-refractivity contribution in [1.82, 2.24) is 0 Å². The molecule has 5 nitrogen and oxygen atoms in total. The second kappa shape index (κ2) is 6.65. The Hall–Kier alpha value is -2.69. The molecule has 0 fully saturated rings. The van der Waals surface area contributed by atoms with E-state index in [4.69, 9.17) is 9.47 Å². The molecule has 0 aliphatic heterocycles. The van der Waals surface area contributed by atoms with Crippen molar-refractivity contribution in [2.75, 3.05) is 13.2 Å². The molecule has 0 spiro atoms. The molecular weight excluding hydrogens is 272 g/mol. The van der Waals surface area contributed by atoms with E-state index < -0.39 is 5.97 Å². The quantitative estimate of drug-likeness (QED) is 0.653. The van der Waals surface area contributed by atoms with E-state index in [1.807, 2.05) is 18.2 Å². The van der Waals surface area contributed by atoms with Crippen molar-refractivity contribution >= 4 is 5.97 Å². The summed E-state index contributed by atoms with van der Waals surface area (Å²) < 4.78 is 10.4. The van der Waals surface area contributed by atoms with Crippen LogP contribution in [0.2, 0.25) is 0 Å². The van der Waals surface area contributed by atoms with Crippen LogP contribution in [0.15, 0.2) is 42.5 Å². The van der Waals surface area contributed by atoms with Crippen LogP contribution in [0.1, 0.15) is 15.9 Å². The van der Waals surface area contributed by atoms with Gasteiger partial charge in [0.15, 0.2) is 0 Å². The van der Waals surface area contributed by atoms with Crippen molar-refractivity contribution in [2.24, 2.45) is 0 Å². The number of phenolic OH excluding ortho intramolecular Hbond substituents is 2. The number of carbonyl (C=O) groups is 1. The van der Waals surface area contributed by atoms with Crippen LogP contribution in [0, 0.1) is 6.92 Å². The van der Waals surface area contributed by atoms with Gasteiger partial charge < -0.3 is 19.7 Å². The number of esters is 1. The maximum Gasteiger partial charge on any atom is 0.342 e. The third-order valence-electron chi connectivity index (χ3n) is 2.83. The Morgan fingerprint density at radius 2 is 1.81 bits per heavy atom. The number of rotatable bonds is 5. The summed E-state index contributed by atoms with van der Waals surface area (Å²) in [7, 11) is 0. The topological polar surface area (TPSA) is 76.0 Å². The smallest absolute Gasteiger partial charge is 0.342 e. The predicted molar refractivity (Wildman–Crippen MR) is 76.7 cm³/mol. The van der Waals surface area contributed by atoms with Gasteiger partial charge in [-0.25, -0.2) is 4.79 Å². The van der Waals surface area contributed by atoms with Crippen LogP contribution < -0.4 is 4.74 Å². The fourth-order valence-electron chi connectivity index (χ4n) is 1.90. The molecule has 0 aliphatic carbocycles. The van der Waals surface area contributed by atoms with Crippen molar-refractivity contribution in [1.29, 1.82) is 0 Å². The highest BCUT2D eigenvalue weighted by Crippen LogP contribution is 2.27. The number of aryl methyl sites for hydroxylation is 1. The number of aromatic hydroxyl groups is 2. The summed E-state index contributed by atoms with van der Waals surface area (Å²) in [5, 5.41) is 19.0. The van der Waals surface area contributed by atoms with Gasteiger partial charge in [0.2, 0.25) is 0 Å². The molecule has 21 heavy (non-hydrogen) atoms. The Labute approximate surface area is 122 Å². The van der Waals surface area contributed by atoms with Gasteiger partial charge in [0.1, 0.15) is 36.0 Å². The molecule has 0 unspecified atom stereocenters. The summed E-state index contributed by atoms with van der Waals surface area (Å²) in [5.74, 6) is -0.366. The van der Waals surface area contributed by atoms with Gasteiger partial charge in [-0.15, -0.1) is 0 Å². The third kappa shape index (κ3) is 3.89. The van der Waals surface area contributed by atoms with Gasteiger partial charge >= 0.3 is 5.97 Å². The number of carbonyl (C=O) groups excluding carboxylic acids is 1. The van der Waals surface area contributed by atoms with Crippen LogP contribution in [0.4, 0.5) is 0 Å². The molecule has 2 aromatic rings. The van der Waals surface area contributed by atoms with Crippen LogP contribution in [0.3, 0.4) is 0 Å². The lowest BCUT2D eigenvalue weighted by Gasteiger charge is -2.10. The highest BCUT2D eigenvalue weighted by molar-refractivity contribution is 5.94. The Balaban J connectivity index is 1.88. The average Bonchev–Trinajstić information content (AvgIpc) is 2.43. The summed E-state index contributed by atoms with van der Waals surface area (Å²) in [4.78, 5) is 11.9. The lowest BCUT2D eigenvalue weighted by atomic mass is 10.1. The van der Waals surface area contributed by atoms with E-state index >= 15 is 0 Å². The summed E-state index contributed by atoms with van der Waals surface area (Å²) >= 11 is 0. The Morgan fingerprint density at radius 1 is 1.10 bits per heavy atom. The minimum Gasteiger partial charge on any atom is -0.508 e. The van der Waals surface area contributed by atoms with Crippen molar-refractivity contribution in [3.05, 3.63) is 53.6 Å². The zero-order chi connectivity index (χ0) is 15.2. The number of para-hydroxylation sites is 1. The summed E-state index contributed by atoms with van der Waals surface area (Å²) in [6.07, 6.45) is 0. The van der Waals surface area contributed by atoms with Crippen LogP contribution in [-0.4, -0.2) is 29.4 Å². The highest BCUT2D eigenvalue weighted by Gasteiger charge is 2.16. The largest absolute Gasteiger partial charge is 0.508 e. The molecule has 0 bridgehead atoms. The first-order valence-corrected chi connectivity index (χ1v) is 6.45.